The molecule has 1 aromatic carbocycles. The molecular formula is C42H40N2O4. The van der Waals surface area contributed by atoms with Crippen LogP contribution in [0.25, 0.3) is 0 Å². The van der Waals surface area contributed by atoms with E-state index in [1.165, 1.54) is 22.3 Å². The van der Waals surface area contributed by atoms with Gasteiger partial charge in [-0.25, -0.2) is 0 Å². The number of hydrogen-bond acceptors (Lipinski definition) is 6. The minimum atomic E-state index is 0.188. The molecule has 2 unspecified atom stereocenters. The van der Waals surface area contributed by atoms with Crippen LogP contribution in [0, 0.1) is 47.3 Å². The molecule has 0 spiro atoms. The van der Waals surface area contributed by atoms with Crippen molar-refractivity contribution in [3.8, 4) is 11.5 Å². The normalized spacial score (nSPS) is 40.3. The molecule has 14 atom stereocenters. The van der Waals surface area contributed by atoms with Gasteiger partial charge in [0.05, 0.1) is 39.6 Å². The van der Waals surface area contributed by atoms with Gasteiger partial charge in [0.2, 0.25) is 0 Å². The molecule has 10 aliphatic carbocycles. The van der Waals surface area contributed by atoms with Crippen LogP contribution in [0.15, 0.2) is 97.7 Å². The second-order valence-corrected chi connectivity index (χ2v) is 15.3. The van der Waals surface area contributed by atoms with Gasteiger partial charge in [0.25, 0.3) is 0 Å². The number of benzene rings is 1. The van der Waals surface area contributed by atoms with Crippen LogP contribution >= 0.6 is 0 Å². The van der Waals surface area contributed by atoms with E-state index in [-0.39, 0.29) is 35.9 Å². The third-order valence-electron chi connectivity index (χ3n) is 13.6. The lowest BCUT2D eigenvalue weighted by Gasteiger charge is -2.52. The van der Waals surface area contributed by atoms with Crippen molar-refractivity contribution in [2.24, 2.45) is 47.3 Å². The molecule has 242 valence electrons. The highest BCUT2D eigenvalue weighted by molar-refractivity contribution is 5.71. The Labute approximate surface area is 281 Å². The summed E-state index contributed by atoms with van der Waals surface area (Å²) < 4.78 is 26.7. The average molecular weight is 637 g/mol. The fourth-order valence-electron chi connectivity index (χ4n) is 12.3. The molecule has 6 heteroatoms. The molecule has 6 nitrogen and oxygen atoms in total. The monoisotopic (exact) mass is 636 g/mol. The first-order valence-corrected chi connectivity index (χ1v) is 17.8. The first kappa shape index (κ1) is 27.9. The molecule has 0 saturated heterocycles. The van der Waals surface area contributed by atoms with Crippen molar-refractivity contribution in [3.63, 3.8) is 0 Å². The van der Waals surface area contributed by atoms with Crippen molar-refractivity contribution >= 4 is 0 Å². The van der Waals surface area contributed by atoms with E-state index in [4.69, 9.17) is 18.9 Å². The van der Waals surface area contributed by atoms with Crippen LogP contribution in [0.5, 0.6) is 11.5 Å². The Morgan fingerprint density at radius 3 is 1.15 bits per heavy atom. The minimum absolute atomic E-state index is 0.188. The number of rotatable bonds is 8. The molecule has 2 saturated carbocycles. The molecule has 3 aromatic rings. The van der Waals surface area contributed by atoms with E-state index < -0.39 is 0 Å². The highest BCUT2D eigenvalue weighted by Gasteiger charge is 2.65. The van der Waals surface area contributed by atoms with Gasteiger partial charge in [0.1, 0.15) is 11.5 Å². The van der Waals surface area contributed by atoms with E-state index in [0.717, 1.165) is 22.6 Å². The Hall–Kier alpha value is -4.00. The molecule has 10 aliphatic rings. The van der Waals surface area contributed by atoms with Gasteiger partial charge < -0.3 is 18.9 Å². The zero-order chi connectivity index (χ0) is 31.7. The Morgan fingerprint density at radius 2 is 0.854 bits per heavy atom. The van der Waals surface area contributed by atoms with Crippen LogP contribution < -0.4 is 9.47 Å². The summed E-state index contributed by atoms with van der Waals surface area (Å²) in [6.07, 6.45) is 27.7. The Kier molecular flexibility index (Phi) is 5.96. The van der Waals surface area contributed by atoms with Gasteiger partial charge in [-0.2, -0.15) is 0 Å². The van der Waals surface area contributed by atoms with E-state index >= 15 is 0 Å². The smallest absolute Gasteiger partial charge is 0.127 e. The number of allylic oxidation sites excluding steroid dienone is 4. The molecule has 2 fully saturated rings. The van der Waals surface area contributed by atoms with Crippen molar-refractivity contribution < 1.29 is 18.9 Å². The molecule has 2 aromatic heterocycles. The Morgan fingerprint density at radius 1 is 0.500 bits per heavy atom. The number of methoxy groups -OCH3 is 2. The second-order valence-electron chi connectivity index (χ2n) is 15.3. The zero-order valence-corrected chi connectivity index (χ0v) is 27.3. The Balaban J connectivity index is 0.978. The highest BCUT2D eigenvalue weighted by atomic mass is 16.5. The largest absolute Gasteiger partial charge is 0.496 e. The SMILES string of the molecule is COc1c2c(c(OC)c3c1[C@@H]1C=C[C@H]3[C@@H]3[C@H]1[C@@H]1C=C[C@H]3C1OCc1cccnc1)[C@@H]1C=C[C@H]2[C@@H]2[C@H]1[C@@H]1C=C[C@H]2C1OCc1cccnc1. The molecule has 48 heavy (non-hydrogen) atoms. The van der Waals surface area contributed by atoms with Crippen LogP contribution in [-0.2, 0) is 22.7 Å². The van der Waals surface area contributed by atoms with Gasteiger partial charge in [0, 0.05) is 94.4 Å². The summed E-state index contributed by atoms with van der Waals surface area (Å²) in [6.45, 7) is 1.20. The van der Waals surface area contributed by atoms with Gasteiger partial charge in [-0.05, 0) is 46.9 Å². The molecule has 2 heterocycles. The lowest BCUT2D eigenvalue weighted by atomic mass is 9.52. The maximum Gasteiger partial charge on any atom is 0.127 e. The molecular weight excluding hydrogens is 596 g/mol. The number of pyridine rings is 2. The molecule has 0 amide bonds. The summed E-state index contributed by atoms with van der Waals surface area (Å²) in [5.41, 5.74) is 7.80. The summed E-state index contributed by atoms with van der Waals surface area (Å²) in [5.74, 6) is 6.93. The van der Waals surface area contributed by atoms with E-state index in [1.807, 2.05) is 51.1 Å². The second kappa shape index (κ2) is 10.3. The minimum Gasteiger partial charge on any atom is -0.496 e. The molecule has 0 aliphatic heterocycles. The third kappa shape index (κ3) is 3.50. The quantitative estimate of drug-likeness (QED) is 0.243. The molecule has 0 N–H and O–H groups in total. The van der Waals surface area contributed by atoms with Gasteiger partial charge in [-0.3, -0.25) is 9.97 Å². The standard InChI is InChI=1S/C42H40N2O4/c1-45-41-35-23-7-9-25(33-29-13-11-27(31(23)33)39(29)47-19-21-5-3-15-43-17-21)37(35)42(46-2)38-26-10-8-24(36(38)41)32-28-12-14-30(34(26)32)40(28)48-20-22-6-4-16-44-18-22/h3-18,23-34,39-40H,19-20H2,1-2H3/t23-,24+,25+,26-,27+,28-,29-,30+,31-,32+,33+,34-,39?,40?. The number of nitrogens with zero attached hydrogens (tertiary/aromatic N) is 2. The van der Waals surface area contributed by atoms with Crippen molar-refractivity contribution in [2.75, 3.05) is 14.2 Å². The first-order chi connectivity index (χ1) is 23.8. The van der Waals surface area contributed by atoms with Crippen LogP contribution in [-0.4, -0.2) is 36.4 Å². The summed E-state index contributed by atoms with van der Waals surface area (Å²) in [4.78, 5) is 8.64. The van der Waals surface area contributed by atoms with Crippen molar-refractivity contribution in [2.45, 2.75) is 49.1 Å². The maximum absolute atomic E-state index is 6.76. The van der Waals surface area contributed by atoms with Crippen LogP contribution in [0.1, 0.15) is 57.1 Å². The van der Waals surface area contributed by atoms with E-state index in [0.29, 0.717) is 60.6 Å². The lowest BCUT2D eigenvalue weighted by molar-refractivity contribution is 0.0106. The van der Waals surface area contributed by atoms with Gasteiger partial charge in [-0.1, -0.05) is 60.7 Å². The van der Waals surface area contributed by atoms with Gasteiger partial charge in [-0.15, -0.1) is 0 Å². The van der Waals surface area contributed by atoms with Crippen molar-refractivity contribution in [1.82, 2.24) is 9.97 Å². The van der Waals surface area contributed by atoms with Gasteiger partial charge >= 0.3 is 0 Å². The summed E-state index contributed by atoms with van der Waals surface area (Å²) in [7, 11) is 3.80. The Bertz CT molecular complexity index is 1690. The summed E-state index contributed by atoms with van der Waals surface area (Å²) >= 11 is 0. The van der Waals surface area contributed by atoms with Crippen LogP contribution in [0.4, 0.5) is 0 Å². The maximum atomic E-state index is 6.76. The van der Waals surface area contributed by atoms with E-state index in [9.17, 15) is 0 Å². The van der Waals surface area contributed by atoms with Gasteiger partial charge in [0.15, 0.2) is 0 Å². The summed E-state index contributed by atoms with van der Waals surface area (Å²) in [5, 5.41) is 0. The number of ether oxygens (including phenoxy) is 4. The van der Waals surface area contributed by atoms with E-state index in [2.05, 4.69) is 70.7 Å². The third-order valence-corrected chi connectivity index (χ3v) is 13.6. The van der Waals surface area contributed by atoms with E-state index in [1.54, 1.807) is 0 Å². The summed E-state index contributed by atoms with van der Waals surface area (Å²) in [6, 6.07) is 8.21. The van der Waals surface area contributed by atoms with Crippen molar-refractivity contribution in [3.05, 3.63) is 131 Å². The molecule has 8 bridgehead atoms. The number of fused-ring (bicyclic) bond motifs is 4. The lowest BCUT2D eigenvalue weighted by Crippen LogP contribution is -2.41. The predicted octanol–water partition coefficient (Wildman–Crippen LogP) is 7.26. The fraction of sp³-hybridized carbons (Fsp3) is 0.429. The van der Waals surface area contributed by atoms with Crippen molar-refractivity contribution in [1.29, 1.82) is 0 Å². The predicted molar refractivity (Wildman–Crippen MR) is 181 cm³/mol. The van der Waals surface area contributed by atoms with Crippen LogP contribution in [0.3, 0.4) is 0 Å². The first-order valence-electron chi connectivity index (χ1n) is 17.8. The topological polar surface area (TPSA) is 62.7 Å². The van der Waals surface area contributed by atoms with Crippen LogP contribution in [0.2, 0.25) is 0 Å². The zero-order valence-electron chi connectivity index (χ0n) is 27.3. The molecule has 13 rings (SSSR count). The molecule has 0 radical (unpaired) electrons. The number of aromatic nitrogens is 2. The number of hydrogen-bond donors (Lipinski definition) is 0. The highest BCUT2D eigenvalue weighted by Crippen LogP contribution is 2.73. The average Bonchev–Trinajstić information content (AvgIpc) is 3.92. The fourth-order valence-corrected chi connectivity index (χ4v) is 12.3.